The standard InChI is InChI=1S/C17H16BrF2N3O3S/c1-23-16(17(24)21-12-6-7-14(20)13(18)8-12)9-15(22-27(23,25)26)10-2-4-11(19)5-3-10/h2-8,15-16,22H,9H2,1H3,(H,21,24)/t15-,16+/m0/s1. The minimum Gasteiger partial charge on any atom is -0.325 e. The number of benzene rings is 2. The van der Waals surface area contributed by atoms with Crippen molar-refractivity contribution in [1.82, 2.24) is 9.03 Å². The van der Waals surface area contributed by atoms with Gasteiger partial charge in [-0.1, -0.05) is 12.1 Å². The molecule has 0 spiro atoms. The molecule has 0 unspecified atom stereocenters. The monoisotopic (exact) mass is 459 g/mol. The van der Waals surface area contributed by atoms with Gasteiger partial charge in [-0.3, -0.25) is 4.79 Å². The number of nitrogens with one attached hydrogen (secondary N) is 2. The topological polar surface area (TPSA) is 78.5 Å². The first-order valence-corrected chi connectivity index (χ1v) is 10.2. The molecule has 0 saturated carbocycles. The van der Waals surface area contributed by atoms with Gasteiger partial charge < -0.3 is 5.32 Å². The predicted molar refractivity (Wildman–Crippen MR) is 100 cm³/mol. The van der Waals surface area contributed by atoms with Gasteiger partial charge >= 0.3 is 0 Å². The summed E-state index contributed by atoms with van der Waals surface area (Å²) < 4.78 is 54.9. The summed E-state index contributed by atoms with van der Waals surface area (Å²) in [6.45, 7) is 0. The Morgan fingerprint density at radius 3 is 2.52 bits per heavy atom. The summed E-state index contributed by atoms with van der Waals surface area (Å²) in [7, 11) is -2.61. The van der Waals surface area contributed by atoms with E-state index in [0.717, 1.165) is 4.31 Å². The number of nitrogens with zero attached hydrogens (tertiary/aromatic N) is 1. The fourth-order valence-electron chi connectivity index (χ4n) is 2.82. The Hall–Kier alpha value is -1.88. The summed E-state index contributed by atoms with van der Waals surface area (Å²) in [6.07, 6.45) is 0.148. The zero-order valence-corrected chi connectivity index (χ0v) is 16.5. The quantitative estimate of drug-likeness (QED) is 0.740. The Bertz CT molecular complexity index is 970. The number of carbonyl (C=O) groups excluding carboxylic acids is 1. The van der Waals surface area contributed by atoms with Crippen molar-refractivity contribution >= 4 is 37.7 Å². The number of amides is 1. The van der Waals surface area contributed by atoms with Crippen molar-refractivity contribution in [2.75, 3.05) is 12.4 Å². The van der Waals surface area contributed by atoms with Crippen LogP contribution in [0.25, 0.3) is 0 Å². The second kappa shape index (κ2) is 7.63. The fraction of sp³-hybridized carbons (Fsp3) is 0.235. The van der Waals surface area contributed by atoms with Crippen LogP contribution in [0, 0.1) is 11.6 Å². The molecule has 1 saturated heterocycles. The van der Waals surface area contributed by atoms with Gasteiger partial charge in [0.15, 0.2) is 0 Å². The molecule has 2 atom stereocenters. The molecule has 27 heavy (non-hydrogen) atoms. The molecule has 144 valence electrons. The van der Waals surface area contributed by atoms with Gasteiger partial charge in [-0.25, -0.2) is 8.78 Å². The fourth-order valence-corrected chi connectivity index (χ4v) is 4.47. The first-order valence-electron chi connectivity index (χ1n) is 7.94. The zero-order chi connectivity index (χ0) is 19.8. The molecule has 1 amide bonds. The van der Waals surface area contributed by atoms with Gasteiger partial charge in [0.2, 0.25) is 5.91 Å². The maximum Gasteiger partial charge on any atom is 0.280 e. The molecular weight excluding hydrogens is 444 g/mol. The number of carbonyl (C=O) groups is 1. The Labute approximate surface area is 163 Å². The highest BCUT2D eigenvalue weighted by Crippen LogP contribution is 2.29. The van der Waals surface area contributed by atoms with Crippen LogP contribution in [0.1, 0.15) is 18.0 Å². The average Bonchev–Trinajstić information content (AvgIpc) is 2.61. The summed E-state index contributed by atoms with van der Waals surface area (Å²) >= 11 is 3.03. The van der Waals surface area contributed by atoms with Crippen molar-refractivity contribution in [2.45, 2.75) is 18.5 Å². The average molecular weight is 460 g/mol. The van der Waals surface area contributed by atoms with Crippen molar-refractivity contribution < 1.29 is 22.0 Å². The van der Waals surface area contributed by atoms with Crippen molar-refractivity contribution in [3.8, 4) is 0 Å². The van der Waals surface area contributed by atoms with Crippen LogP contribution in [0.4, 0.5) is 14.5 Å². The zero-order valence-electron chi connectivity index (χ0n) is 14.1. The van der Waals surface area contributed by atoms with E-state index in [2.05, 4.69) is 26.0 Å². The van der Waals surface area contributed by atoms with Crippen LogP contribution in [0.15, 0.2) is 46.9 Å². The van der Waals surface area contributed by atoms with Crippen LogP contribution in [0.2, 0.25) is 0 Å². The van der Waals surface area contributed by atoms with Crippen LogP contribution < -0.4 is 10.0 Å². The highest BCUT2D eigenvalue weighted by atomic mass is 79.9. The number of hydrogen-bond acceptors (Lipinski definition) is 3. The Kier molecular flexibility index (Phi) is 5.61. The lowest BCUT2D eigenvalue weighted by Gasteiger charge is -2.36. The van der Waals surface area contributed by atoms with E-state index in [0.29, 0.717) is 11.3 Å². The molecule has 0 aliphatic carbocycles. The van der Waals surface area contributed by atoms with E-state index in [-0.39, 0.29) is 10.9 Å². The second-order valence-electron chi connectivity index (χ2n) is 6.11. The van der Waals surface area contributed by atoms with E-state index in [1.807, 2.05) is 0 Å². The molecule has 1 heterocycles. The lowest BCUT2D eigenvalue weighted by atomic mass is 9.99. The lowest BCUT2D eigenvalue weighted by molar-refractivity contribution is -0.120. The number of hydrogen-bond donors (Lipinski definition) is 2. The second-order valence-corrected chi connectivity index (χ2v) is 8.73. The van der Waals surface area contributed by atoms with Crippen LogP contribution in [-0.4, -0.2) is 31.7 Å². The third-order valence-electron chi connectivity index (χ3n) is 4.33. The van der Waals surface area contributed by atoms with Gasteiger partial charge in [-0.2, -0.15) is 17.4 Å². The molecule has 10 heteroatoms. The first kappa shape index (κ1) is 19.9. The molecule has 2 aromatic rings. The van der Waals surface area contributed by atoms with Crippen molar-refractivity contribution in [3.05, 3.63) is 64.1 Å². The summed E-state index contributed by atoms with van der Waals surface area (Å²) in [5.74, 6) is -1.47. The minimum absolute atomic E-state index is 0.148. The third-order valence-corrected chi connectivity index (χ3v) is 6.53. The van der Waals surface area contributed by atoms with Crippen LogP contribution in [0.3, 0.4) is 0 Å². The maximum absolute atomic E-state index is 13.3. The van der Waals surface area contributed by atoms with E-state index in [9.17, 15) is 22.0 Å². The number of halogens is 3. The number of likely N-dealkylation sites (N-methyl/N-ethyl adjacent to an activating group) is 1. The lowest BCUT2D eigenvalue weighted by Crippen LogP contribution is -2.55. The van der Waals surface area contributed by atoms with E-state index in [4.69, 9.17) is 0 Å². The molecule has 1 aliphatic heterocycles. The molecule has 2 aromatic carbocycles. The Morgan fingerprint density at radius 1 is 1.22 bits per heavy atom. The van der Waals surface area contributed by atoms with Gasteiger partial charge in [0.25, 0.3) is 10.2 Å². The molecule has 0 radical (unpaired) electrons. The largest absolute Gasteiger partial charge is 0.325 e. The van der Waals surface area contributed by atoms with Gasteiger partial charge in [0.05, 0.1) is 4.47 Å². The molecule has 3 rings (SSSR count). The molecule has 1 aliphatic rings. The SMILES string of the molecule is CN1[C@@H](C(=O)Nc2ccc(F)c(Br)c2)C[C@@H](c2ccc(F)cc2)NS1(=O)=O. The summed E-state index contributed by atoms with van der Waals surface area (Å²) in [6, 6.07) is 7.69. The van der Waals surface area contributed by atoms with Crippen LogP contribution >= 0.6 is 15.9 Å². The molecule has 1 fully saturated rings. The molecule has 2 N–H and O–H groups in total. The van der Waals surface area contributed by atoms with E-state index < -0.39 is 39.8 Å². The Balaban J connectivity index is 1.84. The molecule has 0 aromatic heterocycles. The molecule has 6 nitrogen and oxygen atoms in total. The number of anilines is 1. The minimum atomic E-state index is -3.91. The van der Waals surface area contributed by atoms with Gasteiger partial charge in [-0.05, 0) is 58.2 Å². The summed E-state index contributed by atoms with van der Waals surface area (Å²) in [5, 5.41) is 2.60. The maximum atomic E-state index is 13.3. The van der Waals surface area contributed by atoms with E-state index in [1.165, 1.54) is 49.5 Å². The van der Waals surface area contributed by atoms with Crippen molar-refractivity contribution in [2.24, 2.45) is 0 Å². The summed E-state index contributed by atoms with van der Waals surface area (Å²) in [4.78, 5) is 12.7. The normalized spacial score (nSPS) is 22.4. The van der Waals surface area contributed by atoms with E-state index in [1.54, 1.807) is 0 Å². The van der Waals surface area contributed by atoms with Crippen LogP contribution in [-0.2, 0) is 15.0 Å². The predicted octanol–water partition coefficient (Wildman–Crippen LogP) is 2.95. The smallest absolute Gasteiger partial charge is 0.280 e. The van der Waals surface area contributed by atoms with Crippen molar-refractivity contribution in [3.63, 3.8) is 0 Å². The first-order chi connectivity index (χ1) is 12.7. The van der Waals surface area contributed by atoms with Gasteiger partial charge in [0.1, 0.15) is 17.7 Å². The van der Waals surface area contributed by atoms with E-state index >= 15 is 0 Å². The van der Waals surface area contributed by atoms with Crippen LogP contribution in [0.5, 0.6) is 0 Å². The molecular formula is C17H16BrF2N3O3S. The highest BCUT2D eigenvalue weighted by molar-refractivity contribution is 9.10. The van der Waals surface area contributed by atoms with Gasteiger partial charge in [-0.15, -0.1) is 0 Å². The molecule has 0 bridgehead atoms. The third kappa shape index (κ3) is 4.34. The summed E-state index contributed by atoms with van der Waals surface area (Å²) in [5.41, 5.74) is 0.881. The Morgan fingerprint density at radius 2 is 1.89 bits per heavy atom. The van der Waals surface area contributed by atoms with Crippen molar-refractivity contribution in [1.29, 1.82) is 0 Å². The van der Waals surface area contributed by atoms with Gasteiger partial charge in [0, 0.05) is 18.8 Å². The highest BCUT2D eigenvalue weighted by Gasteiger charge is 2.40. The number of rotatable bonds is 3.